The number of rotatable bonds is 3. The Hall–Kier alpha value is -1.60. The van der Waals surface area contributed by atoms with Crippen molar-refractivity contribution < 1.29 is 0 Å². The molecule has 0 aliphatic heterocycles. The second-order valence-electron chi connectivity index (χ2n) is 5.00. The van der Waals surface area contributed by atoms with Gasteiger partial charge in [0.15, 0.2) is 5.16 Å². The molecule has 5 nitrogen and oxygen atoms in total. The maximum atomic E-state index is 12.3. The van der Waals surface area contributed by atoms with Gasteiger partial charge in [0.1, 0.15) is 10.7 Å². The summed E-state index contributed by atoms with van der Waals surface area (Å²) < 4.78 is 1.96. The molecule has 1 N–H and O–H groups in total. The van der Waals surface area contributed by atoms with E-state index in [9.17, 15) is 4.79 Å². The van der Waals surface area contributed by atoms with Gasteiger partial charge in [-0.25, -0.2) is 9.97 Å². The summed E-state index contributed by atoms with van der Waals surface area (Å²) in [4.78, 5) is 26.1. The molecule has 0 aromatic carbocycles. The van der Waals surface area contributed by atoms with E-state index >= 15 is 0 Å². The van der Waals surface area contributed by atoms with E-state index in [1.54, 1.807) is 29.3 Å². The Bertz CT molecular complexity index is 862. The number of hydrogen-bond donors (Lipinski definition) is 1. The number of thioether (sulfide) groups is 1. The highest BCUT2D eigenvalue weighted by Crippen LogP contribution is 2.33. The second kappa shape index (κ2) is 5.31. The molecule has 0 bridgehead atoms. The molecule has 0 aliphatic carbocycles. The molecule has 0 saturated carbocycles. The molecule has 0 fully saturated rings. The van der Waals surface area contributed by atoms with Crippen LogP contribution < -0.4 is 5.56 Å². The number of fused-ring (bicyclic) bond motifs is 1. The lowest BCUT2D eigenvalue weighted by molar-refractivity contribution is 0.783. The van der Waals surface area contributed by atoms with Crippen molar-refractivity contribution in [1.82, 2.24) is 19.5 Å². The molecule has 3 aromatic heterocycles. The van der Waals surface area contributed by atoms with Crippen LogP contribution in [0.1, 0.15) is 28.4 Å². The highest BCUT2D eigenvalue weighted by molar-refractivity contribution is 7.99. The van der Waals surface area contributed by atoms with Crippen LogP contribution in [0.4, 0.5) is 0 Å². The van der Waals surface area contributed by atoms with Crippen LogP contribution in [0, 0.1) is 13.8 Å². The standard InChI is InChI=1S/C14H16N4OS2/c1-7-8(2)20-13-10(7)12(19)16-11(17-13)9(3)21-14-15-5-6-18(14)4/h5-6,9H,1-4H3,(H,16,17,19)/t9-/m0/s1. The number of nitrogens with zero attached hydrogens (tertiary/aromatic N) is 3. The number of thiophene rings is 1. The third-order valence-corrected chi connectivity index (χ3v) is 5.78. The monoisotopic (exact) mass is 320 g/mol. The van der Waals surface area contributed by atoms with Gasteiger partial charge in [-0.3, -0.25) is 4.79 Å². The number of imidazole rings is 1. The SMILES string of the molecule is Cc1sc2nc([C@H](C)Sc3nccn3C)[nH]c(=O)c2c1C. The average Bonchev–Trinajstić information content (AvgIpc) is 2.95. The fraction of sp³-hybridized carbons (Fsp3) is 0.357. The maximum absolute atomic E-state index is 12.3. The summed E-state index contributed by atoms with van der Waals surface area (Å²) in [5.74, 6) is 0.696. The summed E-state index contributed by atoms with van der Waals surface area (Å²) in [5, 5.41) is 1.66. The van der Waals surface area contributed by atoms with E-state index in [2.05, 4.69) is 15.0 Å². The fourth-order valence-corrected chi connectivity index (χ4v) is 4.07. The Morgan fingerprint density at radius 1 is 1.43 bits per heavy atom. The van der Waals surface area contributed by atoms with Gasteiger partial charge in [-0.15, -0.1) is 11.3 Å². The number of nitrogens with one attached hydrogen (secondary N) is 1. The van der Waals surface area contributed by atoms with Crippen molar-refractivity contribution >= 4 is 33.3 Å². The Morgan fingerprint density at radius 2 is 2.19 bits per heavy atom. The van der Waals surface area contributed by atoms with Gasteiger partial charge in [0.25, 0.3) is 5.56 Å². The molecule has 0 saturated heterocycles. The van der Waals surface area contributed by atoms with Gasteiger partial charge in [0, 0.05) is 24.3 Å². The van der Waals surface area contributed by atoms with Gasteiger partial charge in [0.05, 0.1) is 10.6 Å². The highest BCUT2D eigenvalue weighted by atomic mass is 32.2. The molecule has 21 heavy (non-hydrogen) atoms. The molecule has 1 atom stereocenters. The minimum atomic E-state index is -0.0517. The normalized spacial score (nSPS) is 13.0. The van der Waals surface area contributed by atoms with Crippen molar-refractivity contribution in [2.75, 3.05) is 0 Å². The number of aromatic amines is 1. The lowest BCUT2D eigenvalue weighted by Gasteiger charge is -2.10. The predicted octanol–water partition coefficient (Wildman–Crippen LogP) is 3.19. The number of aryl methyl sites for hydroxylation is 3. The van der Waals surface area contributed by atoms with Gasteiger partial charge >= 0.3 is 0 Å². The average molecular weight is 320 g/mol. The maximum Gasteiger partial charge on any atom is 0.259 e. The Labute approximate surface area is 130 Å². The second-order valence-corrected chi connectivity index (χ2v) is 7.51. The first kappa shape index (κ1) is 14.3. The minimum absolute atomic E-state index is 0.0333. The summed E-state index contributed by atoms with van der Waals surface area (Å²) >= 11 is 3.16. The van der Waals surface area contributed by atoms with Crippen LogP contribution in [-0.4, -0.2) is 19.5 Å². The van der Waals surface area contributed by atoms with Crippen molar-refractivity contribution in [3.05, 3.63) is 39.0 Å². The zero-order chi connectivity index (χ0) is 15.1. The smallest absolute Gasteiger partial charge is 0.259 e. The molecule has 0 unspecified atom stereocenters. The Balaban J connectivity index is 2.01. The highest BCUT2D eigenvalue weighted by Gasteiger charge is 2.17. The van der Waals surface area contributed by atoms with E-state index in [0.29, 0.717) is 5.82 Å². The van der Waals surface area contributed by atoms with Crippen molar-refractivity contribution in [2.24, 2.45) is 7.05 Å². The molecule has 0 aliphatic rings. The van der Waals surface area contributed by atoms with E-state index < -0.39 is 0 Å². The molecular weight excluding hydrogens is 304 g/mol. The van der Waals surface area contributed by atoms with Crippen LogP contribution in [0.5, 0.6) is 0 Å². The quantitative estimate of drug-likeness (QED) is 0.753. The molecule has 3 rings (SSSR count). The number of H-pyrrole nitrogens is 1. The van der Waals surface area contributed by atoms with E-state index in [4.69, 9.17) is 0 Å². The van der Waals surface area contributed by atoms with Crippen molar-refractivity contribution in [3.63, 3.8) is 0 Å². The summed E-state index contributed by atoms with van der Waals surface area (Å²) in [5.41, 5.74) is 0.976. The topological polar surface area (TPSA) is 63.6 Å². The van der Waals surface area contributed by atoms with Crippen molar-refractivity contribution in [1.29, 1.82) is 0 Å². The van der Waals surface area contributed by atoms with Crippen molar-refractivity contribution in [3.8, 4) is 0 Å². The van der Waals surface area contributed by atoms with E-state index in [-0.39, 0.29) is 10.8 Å². The van der Waals surface area contributed by atoms with Crippen LogP contribution in [0.3, 0.4) is 0 Å². The van der Waals surface area contributed by atoms with Crippen LogP contribution in [-0.2, 0) is 7.05 Å². The fourth-order valence-electron chi connectivity index (χ4n) is 2.14. The molecule has 0 radical (unpaired) electrons. The molecule has 0 spiro atoms. The van der Waals surface area contributed by atoms with Crippen LogP contribution in [0.2, 0.25) is 0 Å². The lowest BCUT2D eigenvalue weighted by Crippen LogP contribution is -2.12. The van der Waals surface area contributed by atoms with Gasteiger partial charge in [-0.1, -0.05) is 11.8 Å². The summed E-state index contributed by atoms with van der Waals surface area (Å²) in [6.07, 6.45) is 3.67. The minimum Gasteiger partial charge on any atom is -0.329 e. The first-order chi connectivity index (χ1) is 9.97. The summed E-state index contributed by atoms with van der Waals surface area (Å²) in [6.45, 7) is 6.01. The molecular formula is C14H16N4OS2. The van der Waals surface area contributed by atoms with Crippen LogP contribution >= 0.6 is 23.1 Å². The zero-order valence-corrected chi connectivity index (χ0v) is 13.9. The Kier molecular flexibility index (Phi) is 3.62. The zero-order valence-electron chi connectivity index (χ0n) is 12.3. The van der Waals surface area contributed by atoms with Crippen LogP contribution in [0.15, 0.2) is 22.3 Å². The first-order valence-electron chi connectivity index (χ1n) is 6.61. The largest absolute Gasteiger partial charge is 0.329 e. The third kappa shape index (κ3) is 2.51. The molecule has 7 heteroatoms. The molecule has 0 amide bonds. The summed E-state index contributed by atoms with van der Waals surface area (Å²) in [7, 11) is 1.95. The summed E-state index contributed by atoms with van der Waals surface area (Å²) in [6, 6.07) is 0. The van der Waals surface area contributed by atoms with Crippen LogP contribution in [0.25, 0.3) is 10.2 Å². The predicted molar refractivity (Wildman–Crippen MR) is 87.2 cm³/mol. The van der Waals surface area contributed by atoms with Gasteiger partial charge in [-0.2, -0.15) is 0 Å². The third-order valence-electron chi connectivity index (χ3n) is 3.50. The van der Waals surface area contributed by atoms with Gasteiger partial charge in [0.2, 0.25) is 0 Å². The Morgan fingerprint density at radius 3 is 2.86 bits per heavy atom. The molecule has 3 heterocycles. The van der Waals surface area contributed by atoms with Gasteiger partial charge < -0.3 is 9.55 Å². The molecule has 3 aromatic rings. The molecule has 110 valence electrons. The van der Waals surface area contributed by atoms with E-state index in [1.165, 1.54) is 0 Å². The van der Waals surface area contributed by atoms with Gasteiger partial charge in [-0.05, 0) is 26.3 Å². The van der Waals surface area contributed by atoms with E-state index in [0.717, 1.165) is 25.8 Å². The van der Waals surface area contributed by atoms with Crippen molar-refractivity contribution in [2.45, 2.75) is 31.2 Å². The van der Waals surface area contributed by atoms with E-state index in [1.807, 2.05) is 38.6 Å². The number of hydrogen-bond acceptors (Lipinski definition) is 5. The number of aromatic nitrogens is 4. The lowest BCUT2D eigenvalue weighted by atomic mass is 10.2. The first-order valence-corrected chi connectivity index (χ1v) is 8.31.